The quantitative estimate of drug-likeness (QED) is 0.105. The molecule has 13 nitrogen and oxygen atoms in total. The molecule has 0 saturated carbocycles. The lowest BCUT2D eigenvalue weighted by Crippen LogP contribution is -2.34. The van der Waals surface area contributed by atoms with E-state index >= 15 is 0 Å². The smallest absolute Gasteiger partial charge is 0.414 e. The molecule has 0 bridgehead atoms. The van der Waals surface area contributed by atoms with E-state index in [2.05, 4.69) is 4.18 Å². The Hall–Kier alpha value is -2.89. The van der Waals surface area contributed by atoms with Gasteiger partial charge < -0.3 is 33.2 Å². The summed E-state index contributed by atoms with van der Waals surface area (Å²) in [5, 5.41) is 0.879. The average Bonchev–Trinajstić information content (AvgIpc) is 3.44. The molecule has 0 spiro atoms. The van der Waals surface area contributed by atoms with Gasteiger partial charge in [-0.1, -0.05) is 0 Å². The first kappa shape index (κ1) is 38.6. The zero-order valence-corrected chi connectivity index (χ0v) is 29.4. The van der Waals surface area contributed by atoms with Crippen LogP contribution in [0.3, 0.4) is 0 Å². The zero-order valence-electron chi connectivity index (χ0n) is 27.7. The lowest BCUT2D eigenvalue weighted by atomic mass is 10.2. The van der Waals surface area contributed by atoms with Crippen LogP contribution in [0.15, 0.2) is 42.5 Å². The van der Waals surface area contributed by atoms with Gasteiger partial charge in [-0.05, 0) is 63.2 Å². The van der Waals surface area contributed by atoms with E-state index in [1.165, 1.54) is 4.90 Å². The number of rotatable bonds is 22. The Bertz CT molecular complexity index is 1460. The Kier molecular flexibility index (Phi) is 16.3. The van der Waals surface area contributed by atoms with Crippen LogP contribution in [0.1, 0.15) is 20.8 Å². The summed E-state index contributed by atoms with van der Waals surface area (Å²) in [6.45, 7) is 9.93. The number of benzene rings is 2. The van der Waals surface area contributed by atoms with Crippen molar-refractivity contribution in [3.63, 3.8) is 0 Å². The van der Waals surface area contributed by atoms with Crippen LogP contribution in [0.4, 0.5) is 10.5 Å². The maximum atomic E-state index is 12.4. The van der Waals surface area contributed by atoms with Crippen molar-refractivity contribution in [2.75, 3.05) is 97.5 Å². The first-order valence-corrected chi connectivity index (χ1v) is 17.9. The Morgan fingerprint density at radius 2 is 1.28 bits per heavy atom. The van der Waals surface area contributed by atoms with Crippen LogP contribution >= 0.6 is 11.3 Å². The van der Waals surface area contributed by atoms with E-state index in [4.69, 9.17) is 38.1 Å². The molecular formula is C32H46N2O11S2. The lowest BCUT2D eigenvalue weighted by Gasteiger charge is -2.24. The second-order valence-electron chi connectivity index (χ2n) is 11.2. The van der Waals surface area contributed by atoms with Crippen molar-refractivity contribution in [1.82, 2.24) is 4.98 Å². The molecule has 47 heavy (non-hydrogen) atoms. The predicted molar refractivity (Wildman–Crippen MR) is 180 cm³/mol. The first-order valence-electron chi connectivity index (χ1n) is 15.2. The van der Waals surface area contributed by atoms with Gasteiger partial charge in [-0.15, -0.1) is 11.3 Å². The molecule has 0 radical (unpaired) electrons. The molecule has 2 aromatic carbocycles. The average molecular weight is 699 g/mol. The van der Waals surface area contributed by atoms with Crippen molar-refractivity contribution in [1.29, 1.82) is 0 Å². The van der Waals surface area contributed by atoms with Crippen LogP contribution in [-0.2, 0) is 42.7 Å². The molecule has 0 aliphatic rings. The predicted octanol–water partition coefficient (Wildman–Crippen LogP) is 4.77. The molecular weight excluding hydrogens is 652 g/mol. The zero-order chi connectivity index (χ0) is 34.1. The molecule has 0 unspecified atom stereocenters. The van der Waals surface area contributed by atoms with Gasteiger partial charge in [-0.3, -0.25) is 9.08 Å². The molecule has 1 aromatic heterocycles. The van der Waals surface area contributed by atoms with Crippen molar-refractivity contribution >= 4 is 43.5 Å². The number of carbonyl (C=O) groups is 1. The van der Waals surface area contributed by atoms with E-state index in [1.54, 1.807) is 18.4 Å². The number of anilines is 1. The number of hydrogen-bond donors (Lipinski definition) is 0. The van der Waals surface area contributed by atoms with Gasteiger partial charge in [0.1, 0.15) is 23.0 Å². The van der Waals surface area contributed by atoms with E-state index in [9.17, 15) is 13.2 Å². The normalized spacial score (nSPS) is 12.0. The molecule has 262 valence electrons. The Balaban J connectivity index is 1.22. The monoisotopic (exact) mass is 698 g/mol. The van der Waals surface area contributed by atoms with Gasteiger partial charge in [0, 0.05) is 18.3 Å². The first-order chi connectivity index (χ1) is 22.4. The van der Waals surface area contributed by atoms with Gasteiger partial charge in [0.05, 0.1) is 89.1 Å². The number of ether oxygens (including phenoxy) is 7. The van der Waals surface area contributed by atoms with Gasteiger partial charge in [-0.25, -0.2) is 9.78 Å². The summed E-state index contributed by atoms with van der Waals surface area (Å²) in [6, 6.07) is 13.5. The highest BCUT2D eigenvalue weighted by Gasteiger charge is 2.20. The number of amides is 1. The minimum absolute atomic E-state index is 0.00858. The van der Waals surface area contributed by atoms with E-state index in [1.807, 2.05) is 63.2 Å². The fourth-order valence-corrected chi connectivity index (χ4v) is 5.20. The van der Waals surface area contributed by atoms with Crippen LogP contribution in [0.5, 0.6) is 5.75 Å². The number of aromatic nitrogens is 1. The molecule has 0 N–H and O–H groups in total. The Morgan fingerprint density at radius 1 is 0.766 bits per heavy atom. The highest BCUT2D eigenvalue weighted by Crippen LogP contribution is 2.33. The van der Waals surface area contributed by atoms with Crippen LogP contribution in [0, 0.1) is 0 Å². The van der Waals surface area contributed by atoms with Crippen LogP contribution in [0.2, 0.25) is 0 Å². The highest BCUT2D eigenvalue weighted by molar-refractivity contribution is 7.85. The third-order valence-electron chi connectivity index (χ3n) is 6.04. The fraction of sp³-hybridized carbons (Fsp3) is 0.562. The van der Waals surface area contributed by atoms with Crippen molar-refractivity contribution in [3.05, 3.63) is 42.5 Å². The summed E-state index contributed by atoms with van der Waals surface area (Å²) in [4.78, 5) is 18.6. The van der Waals surface area contributed by atoms with Gasteiger partial charge >= 0.3 is 6.09 Å². The molecule has 15 heteroatoms. The van der Waals surface area contributed by atoms with E-state index < -0.39 is 21.8 Å². The molecule has 3 rings (SSSR count). The van der Waals surface area contributed by atoms with E-state index in [0.717, 1.165) is 38.5 Å². The van der Waals surface area contributed by atoms with E-state index in [-0.39, 0.29) is 13.2 Å². The molecule has 3 aromatic rings. The van der Waals surface area contributed by atoms with E-state index in [0.29, 0.717) is 66.1 Å². The Morgan fingerprint density at radius 3 is 1.79 bits per heavy atom. The maximum Gasteiger partial charge on any atom is 0.414 e. The van der Waals surface area contributed by atoms with Gasteiger partial charge in [0.15, 0.2) is 0 Å². The molecule has 0 atom stereocenters. The highest BCUT2D eigenvalue weighted by atomic mass is 32.2. The van der Waals surface area contributed by atoms with Gasteiger partial charge in [-0.2, -0.15) is 8.42 Å². The third-order valence-corrected chi connectivity index (χ3v) is 7.70. The minimum atomic E-state index is -3.43. The lowest BCUT2D eigenvalue weighted by molar-refractivity contribution is -0.0140. The molecule has 0 saturated heterocycles. The molecule has 0 aliphatic heterocycles. The summed E-state index contributed by atoms with van der Waals surface area (Å²) in [6.07, 6.45) is 0.589. The van der Waals surface area contributed by atoms with Crippen molar-refractivity contribution in [2.45, 2.75) is 26.4 Å². The molecule has 0 aliphatic carbocycles. The molecule has 1 heterocycles. The van der Waals surface area contributed by atoms with Crippen LogP contribution < -0.4 is 9.64 Å². The number of hydrogen-bond acceptors (Lipinski definition) is 13. The second kappa shape index (κ2) is 19.8. The van der Waals surface area contributed by atoms with Crippen LogP contribution in [0.25, 0.3) is 20.8 Å². The standard InChI is InChI=1S/C32H46N2O11S2/c1-32(2,3)45-31(35)34(4)26-8-6-25(7-9-26)30-33-28-11-10-27(24-29(28)46-30)43-22-20-41-18-16-39-14-12-38-13-15-40-17-19-42-21-23-44-47(5,36)37/h6-11,24H,12-23H2,1-5H3. The number of nitrogens with zero attached hydrogens (tertiary/aromatic N) is 2. The summed E-state index contributed by atoms with van der Waals surface area (Å²) >= 11 is 1.57. The largest absolute Gasteiger partial charge is 0.491 e. The van der Waals surface area contributed by atoms with Gasteiger partial charge in [0.25, 0.3) is 10.1 Å². The minimum Gasteiger partial charge on any atom is -0.491 e. The summed E-state index contributed by atoms with van der Waals surface area (Å²) in [5.41, 5.74) is 2.02. The summed E-state index contributed by atoms with van der Waals surface area (Å²) in [5.74, 6) is 0.745. The maximum absolute atomic E-state index is 12.4. The van der Waals surface area contributed by atoms with Crippen molar-refractivity contribution in [3.8, 4) is 16.3 Å². The van der Waals surface area contributed by atoms with Crippen LogP contribution in [-0.4, -0.2) is 118 Å². The van der Waals surface area contributed by atoms with Crippen molar-refractivity contribution in [2.24, 2.45) is 0 Å². The number of carbonyl (C=O) groups excluding carboxylic acids is 1. The SMILES string of the molecule is CN(C(=O)OC(C)(C)C)c1ccc(-c2nc3ccc(OCCOCCOCCOCCOCCOCCOS(C)(=O)=O)cc3s2)cc1. The topological polar surface area (TPSA) is 141 Å². The fourth-order valence-electron chi connectivity index (χ4n) is 3.83. The van der Waals surface area contributed by atoms with Gasteiger partial charge in [0.2, 0.25) is 0 Å². The second-order valence-corrected chi connectivity index (χ2v) is 13.8. The number of fused-ring (bicyclic) bond motifs is 1. The number of thiazole rings is 1. The summed E-state index contributed by atoms with van der Waals surface area (Å²) < 4.78 is 65.6. The third kappa shape index (κ3) is 15.7. The summed E-state index contributed by atoms with van der Waals surface area (Å²) in [7, 11) is -1.74. The molecule has 1 amide bonds. The molecule has 0 fully saturated rings. The Labute approximate surface area is 281 Å². The van der Waals surface area contributed by atoms with Crippen molar-refractivity contribution < 1.29 is 50.6 Å².